The number of thioether (sulfide) groups is 1. The Labute approximate surface area is 89.3 Å². The fourth-order valence-corrected chi connectivity index (χ4v) is 2.02. The Morgan fingerprint density at radius 3 is 2.71 bits per heavy atom. The monoisotopic (exact) mass is 206 g/mol. The number of hydrogen-bond acceptors (Lipinski definition) is 3. The number of hydrogen-bond donors (Lipinski definition) is 1. The van der Waals surface area contributed by atoms with E-state index in [0.29, 0.717) is 0 Å². The Morgan fingerprint density at radius 1 is 1.43 bits per heavy atom. The molecule has 0 radical (unpaired) electrons. The third-order valence-corrected chi connectivity index (χ3v) is 2.97. The van der Waals surface area contributed by atoms with E-state index in [1.807, 2.05) is 25.2 Å². The number of benzene rings is 1. The standard InChI is InChI=1S/C11H14N2S/c1-13-10(9-12)7-8-14-11-5-3-2-4-6-11/h2-6,10,13H,7-8H2,1H3. The summed E-state index contributed by atoms with van der Waals surface area (Å²) in [5, 5.41) is 11.7. The first-order valence-corrected chi connectivity index (χ1v) is 5.60. The topological polar surface area (TPSA) is 35.8 Å². The number of nitrogens with one attached hydrogen (secondary N) is 1. The minimum atomic E-state index is -0.0220. The fourth-order valence-electron chi connectivity index (χ4n) is 1.08. The summed E-state index contributed by atoms with van der Waals surface area (Å²) in [5.41, 5.74) is 0. The van der Waals surface area contributed by atoms with Gasteiger partial charge in [0.2, 0.25) is 0 Å². The summed E-state index contributed by atoms with van der Waals surface area (Å²) in [6.07, 6.45) is 0.882. The summed E-state index contributed by atoms with van der Waals surface area (Å²) < 4.78 is 0. The van der Waals surface area contributed by atoms with E-state index in [2.05, 4.69) is 23.5 Å². The molecular weight excluding hydrogens is 192 g/mol. The predicted octanol–water partition coefficient (Wildman–Crippen LogP) is 2.28. The van der Waals surface area contributed by atoms with Crippen molar-refractivity contribution in [2.45, 2.75) is 17.4 Å². The Bertz CT molecular complexity index is 292. The maximum Gasteiger partial charge on any atom is 0.0958 e. The number of rotatable bonds is 5. The second-order valence-corrected chi connectivity index (χ2v) is 4.09. The van der Waals surface area contributed by atoms with E-state index >= 15 is 0 Å². The molecule has 0 spiro atoms. The van der Waals surface area contributed by atoms with Crippen molar-refractivity contribution < 1.29 is 0 Å². The minimum Gasteiger partial charge on any atom is -0.305 e. The molecule has 0 aliphatic carbocycles. The summed E-state index contributed by atoms with van der Waals surface area (Å²) in [7, 11) is 1.82. The van der Waals surface area contributed by atoms with Gasteiger partial charge in [-0.1, -0.05) is 18.2 Å². The maximum absolute atomic E-state index is 8.70. The molecule has 2 nitrogen and oxygen atoms in total. The van der Waals surface area contributed by atoms with Gasteiger partial charge in [0.15, 0.2) is 0 Å². The van der Waals surface area contributed by atoms with Crippen LogP contribution in [-0.4, -0.2) is 18.8 Å². The highest BCUT2D eigenvalue weighted by Crippen LogP contribution is 2.18. The van der Waals surface area contributed by atoms with E-state index in [4.69, 9.17) is 5.26 Å². The normalized spacial score (nSPS) is 12.0. The zero-order chi connectivity index (χ0) is 10.2. The smallest absolute Gasteiger partial charge is 0.0958 e. The summed E-state index contributed by atoms with van der Waals surface area (Å²) in [4.78, 5) is 1.26. The highest BCUT2D eigenvalue weighted by Gasteiger charge is 2.02. The van der Waals surface area contributed by atoms with Crippen LogP contribution in [0.25, 0.3) is 0 Å². The first kappa shape index (κ1) is 11.1. The number of nitrogens with zero attached hydrogens (tertiary/aromatic N) is 1. The van der Waals surface area contributed by atoms with Gasteiger partial charge in [-0.25, -0.2) is 0 Å². The van der Waals surface area contributed by atoms with Gasteiger partial charge in [0, 0.05) is 10.6 Å². The molecule has 0 saturated heterocycles. The molecule has 14 heavy (non-hydrogen) atoms. The molecule has 3 heteroatoms. The molecule has 74 valence electrons. The van der Waals surface area contributed by atoms with Crippen LogP contribution in [0, 0.1) is 11.3 Å². The zero-order valence-electron chi connectivity index (χ0n) is 8.23. The van der Waals surface area contributed by atoms with Gasteiger partial charge < -0.3 is 5.32 Å². The molecule has 0 saturated carbocycles. The first-order valence-electron chi connectivity index (χ1n) is 4.61. The lowest BCUT2D eigenvalue weighted by Gasteiger charge is -2.06. The van der Waals surface area contributed by atoms with Gasteiger partial charge in [-0.05, 0) is 25.6 Å². The van der Waals surface area contributed by atoms with Gasteiger partial charge in [0.25, 0.3) is 0 Å². The molecule has 0 bridgehead atoms. The van der Waals surface area contributed by atoms with Gasteiger partial charge in [-0.15, -0.1) is 11.8 Å². The zero-order valence-corrected chi connectivity index (χ0v) is 9.05. The lowest BCUT2D eigenvalue weighted by atomic mass is 10.3. The van der Waals surface area contributed by atoms with Crippen molar-refractivity contribution in [3.8, 4) is 6.07 Å². The maximum atomic E-state index is 8.70. The molecule has 0 amide bonds. The van der Waals surface area contributed by atoms with Crippen molar-refractivity contribution in [2.75, 3.05) is 12.8 Å². The lowest BCUT2D eigenvalue weighted by Crippen LogP contribution is -2.23. The average molecular weight is 206 g/mol. The second-order valence-electron chi connectivity index (χ2n) is 2.92. The van der Waals surface area contributed by atoms with Crippen LogP contribution in [0.1, 0.15) is 6.42 Å². The van der Waals surface area contributed by atoms with Crippen LogP contribution in [0.4, 0.5) is 0 Å². The molecule has 1 aromatic rings. The van der Waals surface area contributed by atoms with Crippen LogP contribution in [0.2, 0.25) is 0 Å². The first-order chi connectivity index (χ1) is 6.86. The predicted molar refractivity (Wildman–Crippen MR) is 60.2 cm³/mol. The van der Waals surface area contributed by atoms with E-state index in [9.17, 15) is 0 Å². The van der Waals surface area contributed by atoms with E-state index in [-0.39, 0.29) is 6.04 Å². The van der Waals surface area contributed by atoms with Crippen molar-refractivity contribution in [3.63, 3.8) is 0 Å². The molecule has 1 unspecified atom stereocenters. The summed E-state index contributed by atoms with van der Waals surface area (Å²) in [6.45, 7) is 0. The van der Waals surface area contributed by atoms with E-state index in [1.54, 1.807) is 11.8 Å². The van der Waals surface area contributed by atoms with Gasteiger partial charge >= 0.3 is 0 Å². The van der Waals surface area contributed by atoms with Gasteiger partial charge in [-0.2, -0.15) is 5.26 Å². The van der Waals surface area contributed by atoms with Crippen molar-refractivity contribution in [1.82, 2.24) is 5.32 Å². The van der Waals surface area contributed by atoms with Crippen LogP contribution in [0.3, 0.4) is 0 Å². The number of nitriles is 1. The molecule has 0 aliphatic heterocycles. The Kier molecular flexibility index (Phi) is 5.13. The average Bonchev–Trinajstić information content (AvgIpc) is 2.26. The molecule has 0 fully saturated rings. The fraction of sp³-hybridized carbons (Fsp3) is 0.364. The second kappa shape index (κ2) is 6.47. The molecule has 1 N–H and O–H groups in total. The largest absolute Gasteiger partial charge is 0.305 e. The van der Waals surface area contributed by atoms with Crippen molar-refractivity contribution in [1.29, 1.82) is 5.26 Å². The summed E-state index contributed by atoms with van der Waals surface area (Å²) >= 11 is 1.79. The van der Waals surface area contributed by atoms with E-state index in [0.717, 1.165) is 12.2 Å². The molecular formula is C11H14N2S. The Morgan fingerprint density at radius 2 is 2.14 bits per heavy atom. The summed E-state index contributed by atoms with van der Waals surface area (Å²) in [6, 6.07) is 12.4. The summed E-state index contributed by atoms with van der Waals surface area (Å²) in [5.74, 6) is 0.975. The highest BCUT2D eigenvalue weighted by atomic mass is 32.2. The SMILES string of the molecule is CNC(C#N)CCSc1ccccc1. The third-order valence-electron chi connectivity index (χ3n) is 1.92. The minimum absolute atomic E-state index is 0.0220. The van der Waals surface area contributed by atoms with Crippen LogP contribution < -0.4 is 5.32 Å². The molecule has 1 rings (SSSR count). The Balaban J connectivity index is 2.26. The van der Waals surface area contributed by atoms with Crippen LogP contribution in [0.5, 0.6) is 0 Å². The van der Waals surface area contributed by atoms with Gasteiger partial charge in [0.1, 0.15) is 0 Å². The molecule has 1 atom stereocenters. The quantitative estimate of drug-likeness (QED) is 0.751. The lowest BCUT2D eigenvalue weighted by molar-refractivity contribution is 0.663. The molecule has 1 aromatic carbocycles. The molecule has 0 heterocycles. The molecule has 0 aliphatic rings. The van der Waals surface area contributed by atoms with Crippen LogP contribution in [-0.2, 0) is 0 Å². The van der Waals surface area contributed by atoms with Gasteiger partial charge in [-0.3, -0.25) is 0 Å². The van der Waals surface area contributed by atoms with Crippen molar-refractivity contribution in [2.24, 2.45) is 0 Å². The highest BCUT2D eigenvalue weighted by molar-refractivity contribution is 7.99. The van der Waals surface area contributed by atoms with Crippen molar-refractivity contribution >= 4 is 11.8 Å². The van der Waals surface area contributed by atoms with E-state index < -0.39 is 0 Å². The van der Waals surface area contributed by atoms with E-state index in [1.165, 1.54) is 4.90 Å². The van der Waals surface area contributed by atoms with Crippen LogP contribution >= 0.6 is 11.8 Å². The molecule has 0 aromatic heterocycles. The van der Waals surface area contributed by atoms with Crippen LogP contribution in [0.15, 0.2) is 35.2 Å². The third kappa shape index (κ3) is 3.82. The van der Waals surface area contributed by atoms with Crippen molar-refractivity contribution in [3.05, 3.63) is 30.3 Å². The van der Waals surface area contributed by atoms with Gasteiger partial charge in [0.05, 0.1) is 12.1 Å². The Hall–Kier alpha value is -0.980.